The summed E-state index contributed by atoms with van der Waals surface area (Å²) in [4.78, 5) is 11.4. The fraction of sp³-hybridized carbons (Fsp3) is 0.545. The van der Waals surface area contributed by atoms with Crippen LogP contribution in [-0.2, 0) is 11.3 Å². The van der Waals surface area contributed by atoms with E-state index in [0.29, 0.717) is 13.0 Å². The summed E-state index contributed by atoms with van der Waals surface area (Å²) in [5.41, 5.74) is 6.93. The van der Waals surface area contributed by atoms with Crippen LogP contribution in [0.4, 0.5) is 0 Å². The minimum absolute atomic E-state index is 0.00234. The molecule has 15 heavy (non-hydrogen) atoms. The van der Waals surface area contributed by atoms with Crippen molar-refractivity contribution in [3.8, 4) is 0 Å². The number of rotatable bonds is 6. The van der Waals surface area contributed by atoms with Gasteiger partial charge < -0.3 is 11.1 Å². The number of nitrogens with one attached hydrogen (secondary N) is 1. The fourth-order valence-corrected chi connectivity index (χ4v) is 2.05. The molecule has 1 heterocycles. The maximum atomic E-state index is 11.4. The first-order chi connectivity index (χ1) is 7.22. The third kappa shape index (κ3) is 4.95. The van der Waals surface area contributed by atoms with Gasteiger partial charge in [-0.2, -0.15) is 11.3 Å². The van der Waals surface area contributed by atoms with E-state index in [1.54, 1.807) is 11.3 Å². The first kappa shape index (κ1) is 12.2. The Morgan fingerprint density at radius 1 is 1.67 bits per heavy atom. The zero-order valence-electron chi connectivity index (χ0n) is 9.03. The highest BCUT2D eigenvalue weighted by Gasteiger charge is 2.07. The number of nitrogens with two attached hydrogens (primary N) is 1. The van der Waals surface area contributed by atoms with Gasteiger partial charge in [0.15, 0.2) is 0 Å². The molecule has 4 heteroatoms. The van der Waals surface area contributed by atoms with Crippen LogP contribution >= 0.6 is 11.3 Å². The zero-order chi connectivity index (χ0) is 11.1. The van der Waals surface area contributed by atoms with Crippen molar-refractivity contribution in [2.24, 2.45) is 5.73 Å². The molecule has 3 nitrogen and oxygen atoms in total. The van der Waals surface area contributed by atoms with Crippen molar-refractivity contribution < 1.29 is 4.79 Å². The van der Waals surface area contributed by atoms with E-state index < -0.39 is 0 Å². The van der Waals surface area contributed by atoms with Crippen molar-refractivity contribution in [3.05, 3.63) is 22.4 Å². The molecule has 3 N–H and O–H groups in total. The van der Waals surface area contributed by atoms with Gasteiger partial charge in [0.05, 0.1) is 0 Å². The lowest BCUT2D eigenvalue weighted by molar-refractivity contribution is -0.121. The van der Waals surface area contributed by atoms with Crippen LogP contribution in [-0.4, -0.2) is 11.9 Å². The van der Waals surface area contributed by atoms with Crippen molar-refractivity contribution in [3.63, 3.8) is 0 Å². The standard InChI is InChI=1S/C11H18N2OS/c1-2-3-10(12)6-11(14)13-7-9-4-5-15-8-9/h4-5,8,10H,2-3,6-7,12H2,1H3,(H,13,14). The molecule has 0 aliphatic carbocycles. The van der Waals surface area contributed by atoms with Crippen LogP contribution in [0.5, 0.6) is 0 Å². The summed E-state index contributed by atoms with van der Waals surface area (Å²) >= 11 is 1.64. The van der Waals surface area contributed by atoms with E-state index in [1.807, 2.05) is 16.8 Å². The molecule has 0 aromatic carbocycles. The lowest BCUT2D eigenvalue weighted by atomic mass is 10.1. The minimum atomic E-state index is -0.00234. The second-order valence-electron chi connectivity index (χ2n) is 3.66. The van der Waals surface area contributed by atoms with E-state index in [1.165, 1.54) is 0 Å². The smallest absolute Gasteiger partial charge is 0.221 e. The molecule has 0 bridgehead atoms. The molecule has 1 atom stereocenters. The van der Waals surface area contributed by atoms with Crippen molar-refractivity contribution in [2.75, 3.05) is 0 Å². The van der Waals surface area contributed by atoms with E-state index in [9.17, 15) is 4.79 Å². The largest absolute Gasteiger partial charge is 0.352 e. The Morgan fingerprint density at radius 3 is 3.07 bits per heavy atom. The number of amides is 1. The van der Waals surface area contributed by atoms with Crippen LogP contribution in [0.2, 0.25) is 0 Å². The Bertz CT molecular complexity index is 285. The first-order valence-corrected chi connectivity index (χ1v) is 6.20. The Hall–Kier alpha value is -0.870. The molecule has 0 saturated carbocycles. The number of carbonyl (C=O) groups is 1. The lowest BCUT2D eigenvalue weighted by Crippen LogP contribution is -2.31. The average molecular weight is 226 g/mol. The number of thiophene rings is 1. The predicted molar refractivity (Wildman–Crippen MR) is 63.7 cm³/mol. The fourth-order valence-electron chi connectivity index (χ4n) is 1.38. The van der Waals surface area contributed by atoms with Gasteiger partial charge in [0.1, 0.15) is 0 Å². The van der Waals surface area contributed by atoms with Crippen LogP contribution < -0.4 is 11.1 Å². The molecule has 1 unspecified atom stereocenters. The Labute approximate surface area is 94.7 Å². The minimum Gasteiger partial charge on any atom is -0.352 e. The molecule has 1 rings (SSSR count). The predicted octanol–water partition coefficient (Wildman–Crippen LogP) is 1.88. The monoisotopic (exact) mass is 226 g/mol. The van der Waals surface area contributed by atoms with Crippen LogP contribution in [0.15, 0.2) is 16.8 Å². The van der Waals surface area contributed by atoms with Gasteiger partial charge in [-0.3, -0.25) is 4.79 Å². The van der Waals surface area contributed by atoms with Crippen LogP contribution in [0.1, 0.15) is 31.7 Å². The van der Waals surface area contributed by atoms with Crippen molar-refractivity contribution in [1.82, 2.24) is 5.32 Å². The number of hydrogen-bond acceptors (Lipinski definition) is 3. The van der Waals surface area contributed by atoms with Crippen LogP contribution in [0, 0.1) is 0 Å². The zero-order valence-corrected chi connectivity index (χ0v) is 9.85. The molecule has 1 amide bonds. The summed E-state index contributed by atoms with van der Waals surface area (Å²) in [6, 6.07) is 2.01. The normalized spacial score (nSPS) is 12.4. The van der Waals surface area contributed by atoms with E-state index in [4.69, 9.17) is 5.73 Å². The van der Waals surface area contributed by atoms with Gasteiger partial charge in [0.25, 0.3) is 0 Å². The highest BCUT2D eigenvalue weighted by atomic mass is 32.1. The third-order valence-corrected chi connectivity index (χ3v) is 2.91. The highest BCUT2D eigenvalue weighted by Crippen LogP contribution is 2.05. The van der Waals surface area contributed by atoms with E-state index >= 15 is 0 Å². The topological polar surface area (TPSA) is 55.1 Å². The molecule has 84 valence electrons. The maximum absolute atomic E-state index is 11.4. The molecular weight excluding hydrogens is 208 g/mol. The van der Waals surface area contributed by atoms with Gasteiger partial charge in [0, 0.05) is 19.0 Å². The maximum Gasteiger partial charge on any atom is 0.221 e. The van der Waals surface area contributed by atoms with Gasteiger partial charge in [-0.15, -0.1) is 0 Å². The SMILES string of the molecule is CCCC(N)CC(=O)NCc1ccsc1. The van der Waals surface area contributed by atoms with Gasteiger partial charge >= 0.3 is 0 Å². The molecule has 1 aromatic rings. The number of carbonyl (C=O) groups excluding carboxylic acids is 1. The molecular formula is C11H18N2OS. The molecule has 0 aliphatic heterocycles. The second kappa shape index (κ2) is 6.58. The molecule has 0 aliphatic rings. The van der Waals surface area contributed by atoms with Crippen LogP contribution in [0.3, 0.4) is 0 Å². The molecule has 0 radical (unpaired) electrons. The number of hydrogen-bond donors (Lipinski definition) is 2. The van der Waals surface area contributed by atoms with Crippen molar-refractivity contribution in [2.45, 2.75) is 38.8 Å². The van der Waals surface area contributed by atoms with Crippen LogP contribution in [0.25, 0.3) is 0 Å². The van der Waals surface area contributed by atoms with Gasteiger partial charge in [-0.1, -0.05) is 13.3 Å². The molecule has 0 fully saturated rings. The summed E-state index contributed by atoms with van der Waals surface area (Å²) < 4.78 is 0. The molecule has 0 saturated heterocycles. The molecule has 0 spiro atoms. The summed E-state index contributed by atoms with van der Waals surface area (Å²) in [5, 5.41) is 6.90. The highest BCUT2D eigenvalue weighted by molar-refractivity contribution is 7.07. The van der Waals surface area contributed by atoms with E-state index in [-0.39, 0.29) is 11.9 Å². The summed E-state index contributed by atoms with van der Waals surface area (Å²) in [7, 11) is 0. The van der Waals surface area contributed by atoms with E-state index in [0.717, 1.165) is 18.4 Å². The van der Waals surface area contributed by atoms with Gasteiger partial charge in [-0.05, 0) is 28.8 Å². The summed E-state index contributed by atoms with van der Waals surface area (Å²) in [6.07, 6.45) is 2.36. The Balaban J connectivity index is 2.19. The lowest BCUT2D eigenvalue weighted by Gasteiger charge is -2.09. The van der Waals surface area contributed by atoms with Gasteiger partial charge in [-0.25, -0.2) is 0 Å². The third-order valence-electron chi connectivity index (χ3n) is 2.18. The second-order valence-corrected chi connectivity index (χ2v) is 4.44. The first-order valence-electron chi connectivity index (χ1n) is 5.25. The summed E-state index contributed by atoms with van der Waals surface area (Å²) in [5.74, 6) is 0.0437. The van der Waals surface area contributed by atoms with Crippen molar-refractivity contribution in [1.29, 1.82) is 0 Å². The Kier molecular flexibility index (Phi) is 5.36. The van der Waals surface area contributed by atoms with Gasteiger partial charge in [0.2, 0.25) is 5.91 Å². The Morgan fingerprint density at radius 2 is 2.47 bits per heavy atom. The average Bonchev–Trinajstić information content (AvgIpc) is 2.67. The van der Waals surface area contributed by atoms with Crippen molar-refractivity contribution >= 4 is 17.2 Å². The quantitative estimate of drug-likeness (QED) is 0.778. The molecule has 1 aromatic heterocycles. The summed E-state index contributed by atoms with van der Waals surface area (Å²) in [6.45, 7) is 2.68. The van der Waals surface area contributed by atoms with E-state index in [2.05, 4.69) is 12.2 Å².